The SMILES string of the molecule is CS(=O)(=O)N(c1ccccc1)c1cc(C(=O)N[C@@H](Cc2ccccc2)[C@H](O)CNCc2cccc(C(F)(F)F)c2)ccc1F.O=CO. The Morgan fingerprint density at radius 3 is 2.11 bits per heavy atom. The van der Waals surface area contributed by atoms with E-state index in [1.807, 2.05) is 18.2 Å². The number of anilines is 2. The molecule has 0 fully saturated rings. The molecule has 2 atom stereocenters. The van der Waals surface area contributed by atoms with Crippen LogP contribution in [0.4, 0.5) is 28.9 Å². The van der Waals surface area contributed by atoms with E-state index in [-0.39, 0.29) is 42.9 Å². The summed E-state index contributed by atoms with van der Waals surface area (Å²) in [5.41, 5.74) is 0.148. The Bertz CT molecular complexity index is 1730. The fraction of sp³-hybridized carbons (Fsp3) is 0.212. The zero-order chi connectivity index (χ0) is 34.6. The Morgan fingerprint density at radius 1 is 0.915 bits per heavy atom. The van der Waals surface area contributed by atoms with E-state index < -0.39 is 45.6 Å². The number of sulfonamides is 1. The molecular weight excluding hydrogens is 642 g/mol. The third-order valence-corrected chi connectivity index (χ3v) is 7.84. The van der Waals surface area contributed by atoms with E-state index in [9.17, 15) is 35.9 Å². The number of carboxylic acid groups (broad SMARTS) is 1. The van der Waals surface area contributed by atoms with Crippen LogP contribution in [0.2, 0.25) is 0 Å². The highest BCUT2D eigenvalue weighted by atomic mass is 32.2. The Labute approximate surface area is 269 Å². The number of amides is 1. The van der Waals surface area contributed by atoms with Crippen LogP contribution in [0.15, 0.2) is 103 Å². The number of halogens is 4. The average Bonchev–Trinajstić information content (AvgIpc) is 3.02. The molecule has 0 radical (unpaired) electrons. The molecule has 250 valence electrons. The topological polar surface area (TPSA) is 136 Å². The van der Waals surface area contributed by atoms with Crippen molar-refractivity contribution in [1.82, 2.24) is 10.6 Å². The average molecular weight is 676 g/mol. The summed E-state index contributed by atoms with van der Waals surface area (Å²) in [6.45, 7) is -0.284. The lowest BCUT2D eigenvalue weighted by molar-refractivity contribution is -0.137. The van der Waals surface area contributed by atoms with E-state index in [1.165, 1.54) is 30.3 Å². The monoisotopic (exact) mass is 675 g/mol. The number of carbonyl (C=O) groups excluding carboxylic acids is 1. The standard InChI is InChI=1S/C32H31F4N3O4S.CH2O2/c1-44(42,43)39(26-13-6-3-7-14-26)29-19-24(15-16-27(29)33)31(41)38-28(18-22-9-4-2-5-10-22)30(40)21-37-20-23-11-8-12-25(17-23)32(34,35)36;2-1-3/h2-17,19,28,30,37,40H,18,20-21H2,1H3,(H,38,41);1H,(H,2,3)/t28-,30+;/m0./s1. The lowest BCUT2D eigenvalue weighted by Gasteiger charge is -2.26. The largest absolute Gasteiger partial charge is 0.483 e. The zero-order valence-corrected chi connectivity index (χ0v) is 25.9. The minimum atomic E-state index is -4.49. The van der Waals surface area contributed by atoms with Gasteiger partial charge in [-0.1, -0.05) is 66.7 Å². The van der Waals surface area contributed by atoms with Gasteiger partial charge in [0.05, 0.1) is 35.3 Å². The molecule has 14 heteroatoms. The number of nitrogens with zero attached hydrogens (tertiary/aromatic N) is 1. The quantitative estimate of drug-likeness (QED) is 0.121. The molecule has 4 aromatic rings. The van der Waals surface area contributed by atoms with Crippen LogP contribution < -0.4 is 14.9 Å². The van der Waals surface area contributed by atoms with Crippen molar-refractivity contribution in [3.8, 4) is 0 Å². The van der Waals surface area contributed by atoms with Crippen molar-refractivity contribution in [3.05, 3.63) is 131 Å². The van der Waals surface area contributed by atoms with Gasteiger partial charge >= 0.3 is 6.18 Å². The van der Waals surface area contributed by atoms with Gasteiger partial charge in [0.15, 0.2) is 0 Å². The van der Waals surface area contributed by atoms with Crippen molar-refractivity contribution < 1.29 is 45.8 Å². The first kappa shape index (κ1) is 36.7. The summed E-state index contributed by atoms with van der Waals surface area (Å²) in [6, 6.07) is 24.1. The van der Waals surface area contributed by atoms with Crippen LogP contribution in [-0.2, 0) is 34.0 Å². The molecule has 0 spiro atoms. The number of para-hydroxylation sites is 1. The second-order valence-electron chi connectivity index (χ2n) is 10.3. The summed E-state index contributed by atoms with van der Waals surface area (Å²) in [7, 11) is -4.01. The lowest BCUT2D eigenvalue weighted by atomic mass is 10.00. The summed E-state index contributed by atoms with van der Waals surface area (Å²) in [5, 5.41) is 23.6. The summed E-state index contributed by atoms with van der Waals surface area (Å²) >= 11 is 0. The van der Waals surface area contributed by atoms with Crippen molar-refractivity contribution in [2.75, 3.05) is 17.1 Å². The van der Waals surface area contributed by atoms with Crippen molar-refractivity contribution in [1.29, 1.82) is 0 Å². The molecule has 0 aliphatic rings. The molecule has 0 aliphatic heterocycles. The summed E-state index contributed by atoms with van der Waals surface area (Å²) in [6.07, 6.45) is -4.54. The van der Waals surface area contributed by atoms with E-state index >= 15 is 0 Å². The second-order valence-corrected chi connectivity index (χ2v) is 12.1. The van der Waals surface area contributed by atoms with Gasteiger partial charge in [-0.05, 0) is 53.9 Å². The molecule has 4 rings (SSSR count). The van der Waals surface area contributed by atoms with Crippen LogP contribution in [0.25, 0.3) is 0 Å². The number of nitrogens with one attached hydrogen (secondary N) is 2. The maximum absolute atomic E-state index is 15.0. The van der Waals surface area contributed by atoms with Crippen LogP contribution in [-0.4, -0.2) is 56.0 Å². The van der Waals surface area contributed by atoms with Crippen molar-refractivity contribution >= 4 is 33.8 Å². The maximum Gasteiger partial charge on any atom is 0.416 e. The Balaban J connectivity index is 0.00000192. The predicted octanol–water partition coefficient (Wildman–Crippen LogP) is 5.13. The Morgan fingerprint density at radius 2 is 1.51 bits per heavy atom. The fourth-order valence-corrected chi connectivity index (χ4v) is 5.65. The number of rotatable bonds is 12. The minimum absolute atomic E-state index is 0.0368. The molecule has 4 aromatic carbocycles. The van der Waals surface area contributed by atoms with E-state index in [1.54, 1.807) is 30.3 Å². The first-order chi connectivity index (χ1) is 22.2. The fourth-order valence-electron chi connectivity index (χ4n) is 4.65. The number of aliphatic hydroxyl groups excluding tert-OH is 1. The Hall–Kier alpha value is -4.79. The van der Waals surface area contributed by atoms with E-state index in [2.05, 4.69) is 10.6 Å². The predicted molar refractivity (Wildman–Crippen MR) is 169 cm³/mol. The van der Waals surface area contributed by atoms with Crippen molar-refractivity contribution in [2.45, 2.75) is 31.3 Å². The highest BCUT2D eigenvalue weighted by molar-refractivity contribution is 7.92. The van der Waals surface area contributed by atoms with Gasteiger partial charge in [-0.15, -0.1) is 0 Å². The number of aliphatic hydroxyl groups is 1. The first-order valence-corrected chi connectivity index (χ1v) is 15.9. The number of carbonyl (C=O) groups is 2. The minimum Gasteiger partial charge on any atom is -0.483 e. The van der Waals surface area contributed by atoms with Gasteiger partial charge in [0.1, 0.15) is 5.82 Å². The molecular formula is C33H33F4N3O6S. The van der Waals surface area contributed by atoms with E-state index in [4.69, 9.17) is 9.90 Å². The molecule has 0 aliphatic carbocycles. The molecule has 4 N–H and O–H groups in total. The van der Waals surface area contributed by atoms with Gasteiger partial charge in [0, 0.05) is 18.7 Å². The molecule has 0 unspecified atom stereocenters. The van der Waals surface area contributed by atoms with Crippen LogP contribution in [0.3, 0.4) is 0 Å². The zero-order valence-electron chi connectivity index (χ0n) is 25.1. The molecule has 1 amide bonds. The van der Waals surface area contributed by atoms with Gasteiger partial charge in [-0.2, -0.15) is 13.2 Å². The normalized spacial score (nSPS) is 12.6. The maximum atomic E-state index is 15.0. The van der Waals surface area contributed by atoms with Crippen molar-refractivity contribution in [3.63, 3.8) is 0 Å². The highest BCUT2D eigenvalue weighted by Gasteiger charge is 2.30. The lowest BCUT2D eigenvalue weighted by Crippen LogP contribution is -2.48. The molecule has 0 saturated heterocycles. The van der Waals surface area contributed by atoms with Crippen LogP contribution in [0.5, 0.6) is 0 Å². The number of hydrogen-bond acceptors (Lipinski definition) is 6. The number of benzene rings is 4. The molecule has 0 saturated carbocycles. The second kappa shape index (κ2) is 16.7. The van der Waals surface area contributed by atoms with E-state index in [0.29, 0.717) is 5.56 Å². The number of alkyl halides is 3. The van der Waals surface area contributed by atoms with E-state index in [0.717, 1.165) is 40.4 Å². The smallest absolute Gasteiger partial charge is 0.416 e. The van der Waals surface area contributed by atoms with Gasteiger partial charge < -0.3 is 20.8 Å². The molecule has 47 heavy (non-hydrogen) atoms. The third kappa shape index (κ3) is 10.9. The molecule has 9 nitrogen and oxygen atoms in total. The summed E-state index contributed by atoms with van der Waals surface area (Å²) in [5.74, 6) is -1.55. The molecule has 0 heterocycles. The van der Waals surface area contributed by atoms with Crippen molar-refractivity contribution in [2.24, 2.45) is 0 Å². The first-order valence-electron chi connectivity index (χ1n) is 14.1. The van der Waals surface area contributed by atoms with Crippen LogP contribution in [0.1, 0.15) is 27.0 Å². The summed E-state index contributed by atoms with van der Waals surface area (Å²) in [4.78, 5) is 21.8. The third-order valence-electron chi connectivity index (χ3n) is 6.77. The van der Waals surface area contributed by atoms with Crippen LogP contribution >= 0.6 is 0 Å². The summed E-state index contributed by atoms with van der Waals surface area (Å²) < 4.78 is 80.4. The Kier molecular flexibility index (Phi) is 13.0. The molecule has 0 aromatic heterocycles. The van der Waals surface area contributed by atoms with Gasteiger partial charge in [-0.3, -0.25) is 9.59 Å². The van der Waals surface area contributed by atoms with Gasteiger partial charge in [-0.25, -0.2) is 17.1 Å². The number of hydrogen-bond donors (Lipinski definition) is 4. The van der Waals surface area contributed by atoms with Crippen LogP contribution in [0, 0.1) is 5.82 Å². The van der Waals surface area contributed by atoms with Gasteiger partial charge in [0.2, 0.25) is 10.0 Å². The highest BCUT2D eigenvalue weighted by Crippen LogP contribution is 2.32. The van der Waals surface area contributed by atoms with Gasteiger partial charge in [0.25, 0.3) is 12.4 Å². The molecule has 0 bridgehead atoms.